The minimum absolute atomic E-state index is 0.298. The van der Waals surface area contributed by atoms with Crippen LogP contribution in [0.5, 0.6) is 11.5 Å². The number of alkyl carbamates (subject to hydrolysis) is 1. The van der Waals surface area contributed by atoms with Crippen LogP contribution >= 0.6 is 0 Å². The van der Waals surface area contributed by atoms with Gasteiger partial charge in [0.05, 0.1) is 6.61 Å². The van der Waals surface area contributed by atoms with E-state index in [1.165, 1.54) is 0 Å². The topological polar surface area (TPSA) is 162 Å². The second kappa shape index (κ2) is 9.50. The zero-order chi connectivity index (χ0) is 24.2. The maximum atomic E-state index is 12.4. The molecule has 172 valence electrons. The van der Waals surface area contributed by atoms with Gasteiger partial charge in [0.25, 0.3) is 0 Å². The lowest BCUT2D eigenvalue weighted by Crippen LogP contribution is -2.47. The summed E-state index contributed by atoms with van der Waals surface area (Å²) in [6, 6.07) is 12.6. The molecule has 0 aliphatic heterocycles. The number of aromatic nitrogens is 1. The average molecular weight is 451 g/mol. The summed E-state index contributed by atoms with van der Waals surface area (Å²) in [6.07, 6.45) is -0.804. The molecule has 0 saturated heterocycles. The van der Waals surface area contributed by atoms with Crippen molar-refractivity contribution in [3.63, 3.8) is 0 Å². The number of nitriles is 1. The number of aliphatic hydroxyl groups excluding tert-OH is 1. The first kappa shape index (κ1) is 23.4. The third-order valence-electron chi connectivity index (χ3n) is 4.46. The third-order valence-corrected chi connectivity index (χ3v) is 4.46. The number of hydrogen-bond donors (Lipinski definition) is 5. The highest BCUT2D eigenvalue weighted by Crippen LogP contribution is 2.30. The van der Waals surface area contributed by atoms with E-state index in [1.54, 1.807) is 63.2 Å². The molecule has 1 heterocycles. The summed E-state index contributed by atoms with van der Waals surface area (Å²) in [6.45, 7) is 4.48. The van der Waals surface area contributed by atoms with Gasteiger partial charge in [-0.2, -0.15) is 5.26 Å². The number of aliphatic hydroxyl groups is 1. The first-order valence-corrected chi connectivity index (χ1v) is 10.1. The maximum Gasteiger partial charge on any atom is 0.408 e. The Morgan fingerprint density at radius 3 is 2.45 bits per heavy atom. The van der Waals surface area contributed by atoms with Crippen LogP contribution < -0.4 is 21.1 Å². The highest BCUT2D eigenvalue weighted by Gasteiger charge is 2.24. The Morgan fingerprint density at radius 1 is 1.18 bits per heavy atom. The van der Waals surface area contributed by atoms with Crippen molar-refractivity contribution in [1.29, 1.82) is 5.26 Å². The Labute approximate surface area is 190 Å². The van der Waals surface area contributed by atoms with Crippen molar-refractivity contribution in [2.75, 3.05) is 17.7 Å². The van der Waals surface area contributed by atoms with Crippen LogP contribution in [-0.4, -0.2) is 40.3 Å². The number of benzene rings is 2. The standard InChI is InChI=1S/C23H25N5O5/c1-23(2,3)33-22(31)28-19(12-29)21(30)26-13-4-6-14(7-5-13)32-15-8-9-18-16(10-15)17(11-24)20(25)27-18/h4-10,19,27,29H,12,25H2,1-3H3,(H,26,30)(H,28,31). The zero-order valence-corrected chi connectivity index (χ0v) is 18.4. The Kier molecular flexibility index (Phi) is 6.75. The number of ether oxygens (including phenoxy) is 2. The number of H-pyrrole nitrogens is 1. The largest absolute Gasteiger partial charge is 0.457 e. The number of nitrogens with two attached hydrogens (primary N) is 1. The summed E-state index contributed by atoms with van der Waals surface area (Å²) in [5, 5.41) is 24.3. The first-order chi connectivity index (χ1) is 15.6. The van der Waals surface area contributed by atoms with Gasteiger partial charge >= 0.3 is 6.09 Å². The lowest BCUT2D eigenvalue weighted by Gasteiger charge is -2.22. The fourth-order valence-electron chi connectivity index (χ4n) is 2.99. The van der Waals surface area contributed by atoms with E-state index in [9.17, 15) is 20.0 Å². The number of fused-ring (bicyclic) bond motifs is 1. The Hall–Kier alpha value is -4.23. The molecule has 1 atom stereocenters. The van der Waals surface area contributed by atoms with Crippen LogP contribution in [0.2, 0.25) is 0 Å². The smallest absolute Gasteiger partial charge is 0.408 e. The summed E-state index contributed by atoms with van der Waals surface area (Å²) in [7, 11) is 0. The minimum Gasteiger partial charge on any atom is -0.457 e. The van der Waals surface area contributed by atoms with Gasteiger partial charge in [0.1, 0.15) is 40.6 Å². The third kappa shape index (κ3) is 5.93. The summed E-state index contributed by atoms with van der Waals surface area (Å²) in [5.74, 6) is 0.709. The normalized spacial score (nSPS) is 12.0. The number of hydrogen-bond acceptors (Lipinski definition) is 7. The second-order valence-electron chi connectivity index (χ2n) is 8.23. The van der Waals surface area contributed by atoms with Crippen LogP contribution in [0.4, 0.5) is 16.3 Å². The van der Waals surface area contributed by atoms with Crippen LogP contribution in [0.25, 0.3) is 10.9 Å². The SMILES string of the molecule is CC(C)(C)OC(=O)NC(CO)C(=O)Nc1ccc(Oc2ccc3[nH]c(N)c(C#N)c3c2)cc1. The molecule has 3 rings (SSSR count). The molecule has 10 heteroatoms. The number of anilines is 2. The van der Waals surface area contributed by atoms with Gasteiger partial charge in [-0.15, -0.1) is 0 Å². The Bertz CT molecular complexity index is 1200. The number of aromatic amines is 1. The second-order valence-corrected chi connectivity index (χ2v) is 8.23. The fourth-order valence-corrected chi connectivity index (χ4v) is 2.99. The van der Waals surface area contributed by atoms with E-state index in [0.29, 0.717) is 34.0 Å². The van der Waals surface area contributed by atoms with Gasteiger partial charge in [-0.3, -0.25) is 4.79 Å². The highest BCUT2D eigenvalue weighted by atomic mass is 16.6. The maximum absolute atomic E-state index is 12.4. The van der Waals surface area contributed by atoms with Crippen molar-refractivity contribution in [2.45, 2.75) is 32.4 Å². The molecule has 2 amide bonds. The van der Waals surface area contributed by atoms with Gasteiger partial charge < -0.3 is 35.9 Å². The lowest BCUT2D eigenvalue weighted by molar-refractivity contribution is -0.119. The van der Waals surface area contributed by atoms with Crippen molar-refractivity contribution in [3.05, 3.63) is 48.0 Å². The van der Waals surface area contributed by atoms with Crippen molar-refractivity contribution in [1.82, 2.24) is 10.3 Å². The molecule has 1 aromatic heterocycles. The van der Waals surface area contributed by atoms with Crippen LogP contribution in [0.15, 0.2) is 42.5 Å². The number of amides is 2. The van der Waals surface area contributed by atoms with E-state index in [0.717, 1.165) is 5.52 Å². The molecule has 0 saturated carbocycles. The van der Waals surface area contributed by atoms with Crippen LogP contribution in [-0.2, 0) is 9.53 Å². The Morgan fingerprint density at radius 2 is 1.85 bits per heavy atom. The van der Waals surface area contributed by atoms with Crippen molar-refractivity contribution >= 4 is 34.4 Å². The molecule has 3 aromatic rings. The number of nitrogens with one attached hydrogen (secondary N) is 3. The van der Waals surface area contributed by atoms with Gasteiger partial charge in [0, 0.05) is 16.6 Å². The molecule has 0 fully saturated rings. The van der Waals surface area contributed by atoms with Crippen LogP contribution in [0.1, 0.15) is 26.3 Å². The van der Waals surface area contributed by atoms with Gasteiger partial charge in [-0.05, 0) is 63.2 Å². The summed E-state index contributed by atoms with van der Waals surface area (Å²) < 4.78 is 10.9. The quantitative estimate of drug-likeness (QED) is 0.384. The molecule has 0 aliphatic rings. The molecular formula is C23H25N5O5. The van der Waals surface area contributed by atoms with Gasteiger partial charge in [0.15, 0.2) is 0 Å². The minimum atomic E-state index is -1.18. The molecule has 0 radical (unpaired) electrons. The van der Waals surface area contributed by atoms with Crippen molar-refractivity contribution in [3.8, 4) is 17.6 Å². The van der Waals surface area contributed by atoms with Gasteiger partial charge in [-0.1, -0.05) is 0 Å². The van der Waals surface area contributed by atoms with E-state index in [-0.39, 0.29) is 0 Å². The van der Waals surface area contributed by atoms with E-state index in [1.807, 2.05) is 0 Å². The average Bonchev–Trinajstić information content (AvgIpc) is 3.06. The van der Waals surface area contributed by atoms with E-state index >= 15 is 0 Å². The monoisotopic (exact) mass is 451 g/mol. The summed E-state index contributed by atoms with van der Waals surface area (Å²) >= 11 is 0. The molecular weight excluding hydrogens is 426 g/mol. The van der Waals surface area contributed by atoms with E-state index in [2.05, 4.69) is 21.7 Å². The van der Waals surface area contributed by atoms with Crippen molar-refractivity contribution < 1.29 is 24.2 Å². The predicted octanol–water partition coefficient (Wildman–Crippen LogP) is 3.24. The molecule has 2 aromatic carbocycles. The molecule has 6 N–H and O–H groups in total. The number of carbonyl (C=O) groups is 2. The number of rotatable bonds is 6. The highest BCUT2D eigenvalue weighted by molar-refractivity contribution is 5.96. The fraction of sp³-hybridized carbons (Fsp3) is 0.261. The van der Waals surface area contributed by atoms with Crippen LogP contribution in [0, 0.1) is 11.3 Å². The number of nitrogens with zero attached hydrogens (tertiary/aromatic N) is 1. The van der Waals surface area contributed by atoms with Gasteiger partial charge in [0.2, 0.25) is 5.91 Å². The molecule has 1 unspecified atom stereocenters. The van der Waals surface area contributed by atoms with Gasteiger partial charge in [-0.25, -0.2) is 4.79 Å². The van der Waals surface area contributed by atoms with E-state index < -0.39 is 30.3 Å². The Balaban J connectivity index is 1.64. The molecule has 0 bridgehead atoms. The van der Waals surface area contributed by atoms with Crippen LogP contribution in [0.3, 0.4) is 0 Å². The lowest BCUT2D eigenvalue weighted by atomic mass is 10.1. The molecule has 33 heavy (non-hydrogen) atoms. The molecule has 0 spiro atoms. The zero-order valence-electron chi connectivity index (χ0n) is 18.4. The molecule has 0 aliphatic carbocycles. The van der Waals surface area contributed by atoms with E-state index in [4.69, 9.17) is 15.2 Å². The van der Waals surface area contributed by atoms with Crippen molar-refractivity contribution in [2.24, 2.45) is 0 Å². The number of carbonyl (C=O) groups excluding carboxylic acids is 2. The molecule has 10 nitrogen and oxygen atoms in total. The number of nitrogen functional groups attached to an aromatic ring is 1. The summed E-state index contributed by atoms with van der Waals surface area (Å²) in [4.78, 5) is 27.2. The first-order valence-electron chi connectivity index (χ1n) is 10.1. The predicted molar refractivity (Wildman–Crippen MR) is 123 cm³/mol. The summed E-state index contributed by atoms with van der Waals surface area (Å²) in [5.41, 5.74) is 6.60.